The lowest BCUT2D eigenvalue weighted by molar-refractivity contribution is -0.131. The predicted octanol–water partition coefficient (Wildman–Crippen LogP) is 3.20. The summed E-state index contributed by atoms with van der Waals surface area (Å²) in [5, 5.41) is 6.18. The van der Waals surface area contributed by atoms with E-state index in [4.69, 9.17) is 21.1 Å². The number of halogens is 1. The van der Waals surface area contributed by atoms with E-state index in [-0.39, 0.29) is 18.4 Å². The predicted molar refractivity (Wildman–Crippen MR) is 114 cm³/mol. The Labute approximate surface area is 180 Å². The monoisotopic (exact) mass is 432 g/mol. The van der Waals surface area contributed by atoms with Crippen molar-refractivity contribution >= 4 is 29.4 Å². The number of carbonyl (C=O) groups excluding carboxylic acids is 3. The van der Waals surface area contributed by atoms with Crippen LogP contribution in [0.15, 0.2) is 36.4 Å². The van der Waals surface area contributed by atoms with Gasteiger partial charge in [0.2, 0.25) is 0 Å². The third-order valence-electron chi connectivity index (χ3n) is 4.10. The van der Waals surface area contributed by atoms with Gasteiger partial charge in [-0.25, -0.2) is 0 Å². The molecule has 7 nitrogen and oxygen atoms in total. The van der Waals surface area contributed by atoms with E-state index in [1.54, 1.807) is 30.3 Å². The normalized spacial score (nSPS) is 10.3. The molecule has 8 heteroatoms. The minimum absolute atomic E-state index is 0.101. The van der Waals surface area contributed by atoms with Crippen LogP contribution in [0, 0.1) is 13.8 Å². The van der Waals surface area contributed by atoms with Crippen LogP contribution in [0.1, 0.15) is 34.8 Å². The van der Waals surface area contributed by atoms with E-state index >= 15 is 0 Å². The van der Waals surface area contributed by atoms with E-state index in [1.807, 2.05) is 13.8 Å². The van der Waals surface area contributed by atoms with Crippen LogP contribution in [0.2, 0.25) is 5.02 Å². The molecular weight excluding hydrogens is 408 g/mol. The SMILES string of the molecule is CC(=O)Oc1cccc(C(=O)NCCCNC(=O)COc2cc(C)c(Cl)c(C)c2)c1. The van der Waals surface area contributed by atoms with E-state index < -0.39 is 5.97 Å². The van der Waals surface area contributed by atoms with E-state index in [1.165, 1.54) is 13.0 Å². The Morgan fingerprint density at radius 1 is 0.967 bits per heavy atom. The molecule has 0 saturated carbocycles. The van der Waals surface area contributed by atoms with Crippen LogP contribution in [0.3, 0.4) is 0 Å². The number of esters is 1. The molecule has 0 bridgehead atoms. The molecule has 0 aliphatic carbocycles. The molecule has 2 amide bonds. The molecule has 0 fully saturated rings. The van der Waals surface area contributed by atoms with Crippen molar-refractivity contribution in [3.8, 4) is 11.5 Å². The smallest absolute Gasteiger partial charge is 0.308 e. The van der Waals surface area contributed by atoms with Crippen molar-refractivity contribution in [1.82, 2.24) is 10.6 Å². The number of carbonyl (C=O) groups is 3. The van der Waals surface area contributed by atoms with Crippen molar-refractivity contribution in [2.45, 2.75) is 27.2 Å². The molecule has 0 heterocycles. The van der Waals surface area contributed by atoms with Crippen LogP contribution in [0.25, 0.3) is 0 Å². The Kier molecular flexibility index (Phi) is 8.68. The topological polar surface area (TPSA) is 93.7 Å². The molecule has 2 rings (SSSR count). The number of nitrogens with one attached hydrogen (secondary N) is 2. The lowest BCUT2D eigenvalue weighted by atomic mass is 10.1. The molecule has 0 saturated heterocycles. The van der Waals surface area contributed by atoms with Gasteiger partial charge in [0, 0.05) is 30.6 Å². The maximum atomic E-state index is 12.1. The number of rotatable bonds is 9. The molecule has 0 aromatic heterocycles. The third kappa shape index (κ3) is 7.40. The summed E-state index contributed by atoms with van der Waals surface area (Å²) >= 11 is 6.12. The minimum atomic E-state index is -0.450. The number of amides is 2. The van der Waals surface area contributed by atoms with E-state index in [0.29, 0.717) is 41.6 Å². The summed E-state index contributed by atoms with van der Waals surface area (Å²) in [6.07, 6.45) is 0.556. The van der Waals surface area contributed by atoms with Crippen LogP contribution < -0.4 is 20.1 Å². The zero-order chi connectivity index (χ0) is 22.1. The fourth-order valence-corrected chi connectivity index (χ4v) is 2.79. The Hall–Kier alpha value is -3.06. The Balaban J connectivity index is 1.67. The average Bonchev–Trinajstić information content (AvgIpc) is 2.69. The Morgan fingerprint density at radius 3 is 2.30 bits per heavy atom. The van der Waals surface area contributed by atoms with Crippen molar-refractivity contribution < 1.29 is 23.9 Å². The van der Waals surface area contributed by atoms with Gasteiger partial charge >= 0.3 is 5.97 Å². The van der Waals surface area contributed by atoms with Gasteiger partial charge < -0.3 is 20.1 Å². The highest BCUT2D eigenvalue weighted by atomic mass is 35.5. The first kappa shape index (κ1) is 23.2. The van der Waals surface area contributed by atoms with E-state index in [0.717, 1.165) is 11.1 Å². The lowest BCUT2D eigenvalue weighted by Crippen LogP contribution is -2.32. The van der Waals surface area contributed by atoms with Crippen molar-refractivity contribution in [3.05, 3.63) is 58.1 Å². The van der Waals surface area contributed by atoms with Gasteiger partial charge in [0.05, 0.1) is 0 Å². The maximum absolute atomic E-state index is 12.1. The van der Waals surface area contributed by atoms with Crippen molar-refractivity contribution in [2.75, 3.05) is 19.7 Å². The summed E-state index contributed by atoms with van der Waals surface area (Å²) in [6, 6.07) is 9.93. The van der Waals surface area contributed by atoms with Gasteiger partial charge in [0.25, 0.3) is 11.8 Å². The molecule has 0 unspecified atom stereocenters. The molecule has 0 spiro atoms. The first-order valence-electron chi connectivity index (χ1n) is 9.49. The second kappa shape index (κ2) is 11.2. The molecular formula is C22H25ClN2O5. The minimum Gasteiger partial charge on any atom is -0.484 e. The molecule has 30 heavy (non-hydrogen) atoms. The van der Waals surface area contributed by atoms with Crippen molar-refractivity contribution in [2.24, 2.45) is 0 Å². The summed E-state index contributed by atoms with van der Waals surface area (Å²) in [4.78, 5) is 35.0. The molecule has 2 aromatic rings. The zero-order valence-corrected chi connectivity index (χ0v) is 18.0. The lowest BCUT2D eigenvalue weighted by Gasteiger charge is -2.11. The summed E-state index contributed by atoms with van der Waals surface area (Å²) in [6.45, 7) is 5.73. The van der Waals surface area contributed by atoms with Gasteiger partial charge in [-0.1, -0.05) is 17.7 Å². The van der Waals surface area contributed by atoms with Crippen LogP contribution in [-0.4, -0.2) is 37.5 Å². The maximum Gasteiger partial charge on any atom is 0.308 e. The van der Waals surface area contributed by atoms with E-state index in [9.17, 15) is 14.4 Å². The molecule has 0 aliphatic rings. The van der Waals surface area contributed by atoms with Gasteiger partial charge in [-0.2, -0.15) is 0 Å². The van der Waals surface area contributed by atoms with E-state index in [2.05, 4.69) is 10.6 Å². The largest absolute Gasteiger partial charge is 0.484 e. The summed E-state index contributed by atoms with van der Waals surface area (Å²) in [7, 11) is 0. The highest BCUT2D eigenvalue weighted by Crippen LogP contribution is 2.25. The number of ether oxygens (including phenoxy) is 2. The first-order chi connectivity index (χ1) is 14.3. The van der Waals surface area contributed by atoms with Crippen LogP contribution in [-0.2, 0) is 9.59 Å². The van der Waals surface area contributed by atoms with Gasteiger partial charge in [-0.15, -0.1) is 0 Å². The first-order valence-corrected chi connectivity index (χ1v) is 9.87. The second-order valence-electron chi connectivity index (χ2n) is 6.74. The molecule has 0 radical (unpaired) electrons. The fourth-order valence-electron chi connectivity index (χ4n) is 2.68. The third-order valence-corrected chi connectivity index (χ3v) is 4.70. The summed E-state index contributed by atoms with van der Waals surface area (Å²) < 4.78 is 10.5. The highest BCUT2D eigenvalue weighted by molar-refractivity contribution is 6.32. The van der Waals surface area contributed by atoms with Gasteiger partial charge in [-0.3, -0.25) is 14.4 Å². The summed E-state index contributed by atoms with van der Waals surface area (Å²) in [5.74, 6) is -0.0808. The highest BCUT2D eigenvalue weighted by Gasteiger charge is 2.08. The number of benzene rings is 2. The van der Waals surface area contributed by atoms with Crippen molar-refractivity contribution in [3.63, 3.8) is 0 Å². The molecule has 2 aromatic carbocycles. The van der Waals surface area contributed by atoms with Gasteiger partial charge in [0.1, 0.15) is 11.5 Å². The summed E-state index contributed by atoms with van der Waals surface area (Å²) in [5.41, 5.74) is 2.17. The average molecular weight is 433 g/mol. The Morgan fingerprint density at radius 2 is 1.63 bits per heavy atom. The molecule has 2 N–H and O–H groups in total. The van der Waals surface area contributed by atoms with Crippen LogP contribution >= 0.6 is 11.6 Å². The quantitative estimate of drug-likeness (QED) is 0.360. The standard InChI is InChI=1S/C22H25ClN2O5/c1-14-10-19(11-15(2)21(14)23)29-13-20(27)24-8-5-9-25-22(28)17-6-4-7-18(12-17)30-16(3)26/h4,6-7,10-12H,5,8-9,13H2,1-3H3,(H,24,27)(H,25,28). The number of aryl methyl sites for hydroxylation is 2. The van der Waals surface area contributed by atoms with Gasteiger partial charge in [0.15, 0.2) is 6.61 Å². The molecule has 0 atom stereocenters. The number of hydrogen-bond acceptors (Lipinski definition) is 5. The zero-order valence-electron chi connectivity index (χ0n) is 17.2. The van der Waals surface area contributed by atoms with Crippen LogP contribution in [0.5, 0.6) is 11.5 Å². The molecule has 0 aliphatic heterocycles. The van der Waals surface area contributed by atoms with Gasteiger partial charge in [-0.05, 0) is 61.7 Å². The van der Waals surface area contributed by atoms with Crippen molar-refractivity contribution in [1.29, 1.82) is 0 Å². The second-order valence-corrected chi connectivity index (χ2v) is 7.12. The fraction of sp³-hybridized carbons (Fsp3) is 0.318. The van der Waals surface area contributed by atoms with Crippen LogP contribution in [0.4, 0.5) is 0 Å². The molecule has 160 valence electrons. The Bertz CT molecular complexity index is 906. The number of hydrogen-bond donors (Lipinski definition) is 2.